The van der Waals surface area contributed by atoms with Crippen molar-refractivity contribution < 1.29 is 14.4 Å². The quantitative estimate of drug-likeness (QED) is 0.553. The first-order valence-corrected chi connectivity index (χ1v) is 2.81. The lowest BCUT2D eigenvalue weighted by Crippen LogP contribution is -2.22. The summed E-state index contributed by atoms with van der Waals surface area (Å²) in [4.78, 5) is 15.4. The van der Waals surface area contributed by atoms with Gasteiger partial charge in [-0.15, -0.1) is 12.4 Å². The second kappa shape index (κ2) is 4.49. The van der Waals surface area contributed by atoms with Gasteiger partial charge in [-0.3, -0.25) is 4.84 Å². The number of carbonyl (C=O) groups is 1. The van der Waals surface area contributed by atoms with Crippen molar-refractivity contribution in [3.05, 3.63) is 0 Å². The highest BCUT2D eigenvalue weighted by atomic mass is 35.5. The van der Waals surface area contributed by atoms with Crippen LogP contribution in [-0.2, 0) is 14.4 Å². The minimum absolute atomic E-state index is 0. The van der Waals surface area contributed by atoms with Gasteiger partial charge in [-0.2, -0.15) is 0 Å². The summed E-state index contributed by atoms with van der Waals surface area (Å²) in [6.07, 6.45) is 0.308. The molecule has 0 aromatic heterocycles. The van der Waals surface area contributed by atoms with Crippen molar-refractivity contribution in [1.82, 2.24) is 5.48 Å². The normalized spacial score (nSPS) is 23.5. The predicted molar refractivity (Wildman–Crippen MR) is 36.8 cm³/mol. The molecule has 1 rings (SSSR count). The first-order valence-electron chi connectivity index (χ1n) is 2.81. The smallest absolute Gasteiger partial charge is 0.337 e. The summed E-state index contributed by atoms with van der Waals surface area (Å²) < 4.78 is 4.43. The third kappa shape index (κ3) is 2.13. The molecule has 0 aliphatic carbocycles. The monoisotopic (exact) mass is 167 g/mol. The average Bonchev–Trinajstić information content (AvgIpc) is 2.37. The van der Waals surface area contributed by atoms with Gasteiger partial charge in [-0.1, -0.05) is 0 Å². The van der Waals surface area contributed by atoms with Crippen LogP contribution in [0.3, 0.4) is 0 Å². The van der Waals surface area contributed by atoms with Crippen LogP contribution in [0, 0.1) is 0 Å². The van der Waals surface area contributed by atoms with E-state index in [1.807, 2.05) is 0 Å². The predicted octanol–water partition coefficient (Wildman–Crippen LogP) is -0.125. The fraction of sp³-hybridized carbons (Fsp3) is 0.800. The van der Waals surface area contributed by atoms with E-state index in [4.69, 9.17) is 4.84 Å². The summed E-state index contributed by atoms with van der Waals surface area (Å²) in [7, 11) is 1.35. The van der Waals surface area contributed by atoms with Gasteiger partial charge in [0.25, 0.3) is 0 Å². The van der Waals surface area contributed by atoms with Crippen molar-refractivity contribution >= 4 is 18.4 Å². The van der Waals surface area contributed by atoms with Gasteiger partial charge >= 0.3 is 5.97 Å². The van der Waals surface area contributed by atoms with Gasteiger partial charge in [0.05, 0.1) is 7.11 Å². The third-order valence-electron chi connectivity index (χ3n) is 1.20. The van der Waals surface area contributed by atoms with E-state index in [0.29, 0.717) is 6.42 Å². The molecule has 0 saturated carbocycles. The summed E-state index contributed by atoms with van der Waals surface area (Å²) in [5.41, 5.74) is 2.59. The number of hydrogen-bond donors (Lipinski definition) is 1. The van der Waals surface area contributed by atoms with Gasteiger partial charge in [0.1, 0.15) is 0 Å². The molecule has 4 nitrogen and oxygen atoms in total. The van der Waals surface area contributed by atoms with Crippen LogP contribution in [0.2, 0.25) is 0 Å². The van der Waals surface area contributed by atoms with Gasteiger partial charge in [0.2, 0.25) is 0 Å². The van der Waals surface area contributed by atoms with E-state index in [1.54, 1.807) is 0 Å². The summed E-state index contributed by atoms with van der Waals surface area (Å²) in [5, 5.41) is 0. The summed E-state index contributed by atoms with van der Waals surface area (Å²) >= 11 is 0. The van der Waals surface area contributed by atoms with E-state index in [0.717, 1.165) is 6.54 Å². The molecule has 60 valence electrons. The van der Waals surface area contributed by atoms with Crippen LogP contribution in [0.5, 0.6) is 0 Å². The molecule has 0 aromatic carbocycles. The minimum Gasteiger partial charge on any atom is -0.467 e. The molecule has 0 bridgehead atoms. The van der Waals surface area contributed by atoms with E-state index < -0.39 is 6.10 Å². The van der Waals surface area contributed by atoms with Gasteiger partial charge in [0, 0.05) is 13.0 Å². The molecule has 1 aliphatic heterocycles. The van der Waals surface area contributed by atoms with Crippen molar-refractivity contribution in [2.45, 2.75) is 12.5 Å². The zero-order valence-electron chi connectivity index (χ0n) is 5.62. The van der Waals surface area contributed by atoms with Crippen molar-refractivity contribution in [2.24, 2.45) is 0 Å². The number of carbonyl (C=O) groups excluding carboxylic acids is 1. The van der Waals surface area contributed by atoms with E-state index >= 15 is 0 Å². The molecule has 1 fully saturated rings. The largest absolute Gasteiger partial charge is 0.467 e. The first kappa shape index (κ1) is 9.68. The molecule has 1 aliphatic rings. The molecule has 1 unspecified atom stereocenters. The Bertz CT molecular complexity index is 113. The lowest BCUT2D eigenvalue weighted by molar-refractivity contribution is -0.154. The maximum Gasteiger partial charge on any atom is 0.337 e. The molecule has 1 saturated heterocycles. The number of hydroxylamine groups is 1. The Kier molecular flexibility index (Phi) is 4.34. The Morgan fingerprint density at radius 2 is 2.50 bits per heavy atom. The zero-order chi connectivity index (χ0) is 6.69. The van der Waals surface area contributed by atoms with Gasteiger partial charge < -0.3 is 4.74 Å². The maximum absolute atomic E-state index is 10.6. The highest BCUT2D eigenvalue weighted by Gasteiger charge is 2.23. The lowest BCUT2D eigenvalue weighted by Gasteiger charge is -2.02. The Morgan fingerprint density at radius 1 is 1.80 bits per heavy atom. The summed E-state index contributed by atoms with van der Waals surface area (Å²) in [6, 6.07) is 0. The molecule has 5 heteroatoms. The summed E-state index contributed by atoms with van der Waals surface area (Å²) in [6.45, 7) is 0.722. The number of rotatable bonds is 1. The third-order valence-corrected chi connectivity index (χ3v) is 1.20. The standard InChI is InChI=1S/C5H9NO3.ClH/c1-8-5(7)4-2-3-6-9-4;/h4,6H,2-3H2,1H3;1H. The fourth-order valence-electron chi connectivity index (χ4n) is 0.706. The molecule has 10 heavy (non-hydrogen) atoms. The molecule has 0 aromatic rings. The van der Waals surface area contributed by atoms with Crippen molar-refractivity contribution in [3.63, 3.8) is 0 Å². The number of esters is 1. The number of methoxy groups -OCH3 is 1. The number of nitrogens with one attached hydrogen (secondary N) is 1. The average molecular weight is 168 g/mol. The Labute approximate surface area is 65.2 Å². The van der Waals surface area contributed by atoms with E-state index in [2.05, 4.69) is 10.2 Å². The Morgan fingerprint density at radius 3 is 2.90 bits per heavy atom. The Hall–Kier alpha value is -0.320. The number of ether oxygens (including phenoxy) is 1. The molecular formula is C5H10ClNO3. The fourth-order valence-corrected chi connectivity index (χ4v) is 0.706. The molecule has 1 N–H and O–H groups in total. The van der Waals surface area contributed by atoms with E-state index in [-0.39, 0.29) is 18.4 Å². The molecule has 1 atom stereocenters. The van der Waals surface area contributed by atoms with E-state index in [1.165, 1.54) is 7.11 Å². The number of hydrogen-bond acceptors (Lipinski definition) is 4. The SMILES string of the molecule is COC(=O)C1CCNO1.Cl. The van der Waals surface area contributed by atoms with Crippen LogP contribution in [0.1, 0.15) is 6.42 Å². The number of halogens is 1. The van der Waals surface area contributed by atoms with Crippen LogP contribution >= 0.6 is 12.4 Å². The Balaban J connectivity index is 0.000000810. The zero-order valence-corrected chi connectivity index (χ0v) is 6.44. The molecular weight excluding hydrogens is 158 g/mol. The second-order valence-corrected chi connectivity index (χ2v) is 1.81. The highest BCUT2D eigenvalue weighted by molar-refractivity contribution is 5.85. The highest BCUT2D eigenvalue weighted by Crippen LogP contribution is 2.03. The first-order chi connectivity index (χ1) is 4.34. The van der Waals surface area contributed by atoms with Gasteiger partial charge in [-0.05, 0) is 0 Å². The molecule has 1 heterocycles. The van der Waals surface area contributed by atoms with Gasteiger partial charge in [-0.25, -0.2) is 10.3 Å². The van der Waals surface area contributed by atoms with Gasteiger partial charge in [0.15, 0.2) is 6.10 Å². The van der Waals surface area contributed by atoms with E-state index in [9.17, 15) is 4.79 Å². The second-order valence-electron chi connectivity index (χ2n) is 1.81. The van der Waals surface area contributed by atoms with Crippen LogP contribution in [0.4, 0.5) is 0 Å². The molecule has 0 radical (unpaired) electrons. The topological polar surface area (TPSA) is 47.6 Å². The van der Waals surface area contributed by atoms with Crippen molar-refractivity contribution in [1.29, 1.82) is 0 Å². The summed E-state index contributed by atoms with van der Waals surface area (Å²) in [5.74, 6) is -0.306. The van der Waals surface area contributed by atoms with Crippen molar-refractivity contribution in [2.75, 3.05) is 13.7 Å². The maximum atomic E-state index is 10.6. The van der Waals surface area contributed by atoms with Crippen LogP contribution < -0.4 is 5.48 Å². The minimum atomic E-state index is -0.394. The lowest BCUT2D eigenvalue weighted by atomic mass is 10.3. The molecule has 0 amide bonds. The van der Waals surface area contributed by atoms with Crippen LogP contribution in [0.25, 0.3) is 0 Å². The van der Waals surface area contributed by atoms with Crippen LogP contribution in [-0.4, -0.2) is 25.7 Å². The van der Waals surface area contributed by atoms with Crippen molar-refractivity contribution in [3.8, 4) is 0 Å². The molecule has 0 spiro atoms. The van der Waals surface area contributed by atoms with Crippen LogP contribution in [0.15, 0.2) is 0 Å².